The van der Waals surface area contributed by atoms with E-state index in [0.717, 1.165) is 31.1 Å². The van der Waals surface area contributed by atoms with Gasteiger partial charge in [0.1, 0.15) is 11.7 Å². The monoisotopic (exact) mass is 472 g/mol. The van der Waals surface area contributed by atoms with Gasteiger partial charge < -0.3 is 14.9 Å². The van der Waals surface area contributed by atoms with Crippen LogP contribution in [0.1, 0.15) is 99.8 Å². The molecule has 0 aromatic heterocycles. The summed E-state index contributed by atoms with van der Waals surface area (Å²) in [5.74, 6) is 3.66. The van der Waals surface area contributed by atoms with Crippen LogP contribution in [0.5, 0.6) is 0 Å². The SMILES string of the molecule is CC1CC(C(=O)C(C)(C)O)OC2CC3C4CCC5C(C)(C)C(O)CCC56C(C)C46CCC3(C)C12. The van der Waals surface area contributed by atoms with Crippen molar-refractivity contribution >= 4 is 5.78 Å². The average molecular weight is 473 g/mol. The molecule has 5 saturated carbocycles. The van der Waals surface area contributed by atoms with Crippen molar-refractivity contribution in [3.05, 3.63) is 0 Å². The summed E-state index contributed by atoms with van der Waals surface area (Å²) in [6.45, 7) is 15.3. The van der Waals surface area contributed by atoms with Crippen LogP contribution in [0.3, 0.4) is 0 Å². The molecular weight excluding hydrogens is 424 g/mol. The second kappa shape index (κ2) is 6.90. The van der Waals surface area contributed by atoms with E-state index in [9.17, 15) is 15.0 Å². The number of hydrogen-bond donors (Lipinski definition) is 2. The van der Waals surface area contributed by atoms with Gasteiger partial charge in [0, 0.05) is 0 Å². The molecule has 6 rings (SSSR count). The summed E-state index contributed by atoms with van der Waals surface area (Å²) in [5.41, 5.74) is -0.129. The summed E-state index contributed by atoms with van der Waals surface area (Å²) in [7, 11) is 0. The molecular formula is C30H48O4. The molecule has 6 fully saturated rings. The number of ether oxygens (including phenoxy) is 1. The van der Waals surface area contributed by atoms with Crippen molar-refractivity contribution in [1.82, 2.24) is 0 Å². The van der Waals surface area contributed by atoms with E-state index in [1.165, 1.54) is 32.1 Å². The van der Waals surface area contributed by atoms with Gasteiger partial charge in [-0.25, -0.2) is 0 Å². The number of carbonyl (C=O) groups is 1. The summed E-state index contributed by atoms with van der Waals surface area (Å²) in [4.78, 5) is 12.9. The van der Waals surface area contributed by atoms with E-state index in [1.807, 2.05) is 0 Å². The molecule has 0 radical (unpaired) electrons. The first-order valence-electron chi connectivity index (χ1n) is 14.3. The van der Waals surface area contributed by atoms with E-state index in [2.05, 4.69) is 34.6 Å². The van der Waals surface area contributed by atoms with Crippen molar-refractivity contribution in [3.63, 3.8) is 0 Å². The fourth-order valence-corrected chi connectivity index (χ4v) is 12.1. The molecule has 2 N–H and O–H groups in total. The highest BCUT2D eigenvalue weighted by Crippen LogP contribution is 2.89. The second-order valence-corrected chi connectivity index (χ2v) is 15.1. The summed E-state index contributed by atoms with van der Waals surface area (Å²) in [6.07, 6.45) is 8.74. The molecule has 0 aromatic rings. The van der Waals surface area contributed by atoms with Crippen LogP contribution in [0.25, 0.3) is 0 Å². The second-order valence-electron chi connectivity index (χ2n) is 15.1. The quantitative estimate of drug-likeness (QED) is 0.566. The molecule has 34 heavy (non-hydrogen) atoms. The minimum Gasteiger partial charge on any atom is -0.393 e. The molecule has 0 bridgehead atoms. The van der Waals surface area contributed by atoms with E-state index in [-0.39, 0.29) is 23.4 Å². The van der Waals surface area contributed by atoms with Gasteiger partial charge in [-0.05, 0) is 122 Å². The molecule has 4 heteroatoms. The standard InChI is InChI=1S/C30H48O4/c1-16-14-21(25(32)27(5,6)33)34-20-15-19-18-8-9-22-26(3,4)23(31)10-11-30(22)17(2)29(18,30)13-12-28(19,7)24(16)20/h16-24,31,33H,8-15H2,1-7H3. The Labute approximate surface area is 206 Å². The molecule has 0 aromatic carbocycles. The van der Waals surface area contributed by atoms with Gasteiger partial charge in [0.2, 0.25) is 0 Å². The third-order valence-corrected chi connectivity index (χ3v) is 13.5. The zero-order valence-corrected chi connectivity index (χ0v) is 22.6. The van der Waals surface area contributed by atoms with Crippen LogP contribution >= 0.6 is 0 Å². The minimum absolute atomic E-state index is 0.0215. The van der Waals surface area contributed by atoms with Crippen LogP contribution in [0, 0.1) is 57.2 Å². The van der Waals surface area contributed by atoms with Crippen molar-refractivity contribution in [2.45, 2.75) is 124 Å². The zero-order valence-electron chi connectivity index (χ0n) is 22.6. The Morgan fingerprint density at radius 3 is 2.32 bits per heavy atom. The first-order chi connectivity index (χ1) is 15.7. The third-order valence-electron chi connectivity index (χ3n) is 13.5. The summed E-state index contributed by atoms with van der Waals surface area (Å²) in [5, 5.41) is 21.3. The summed E-state index contributed by atoms with van der Waals surface area (Å²) in [6, 6.07) is 0. The molecule has 1 aliphatic heterocycles. The summed E-state index contributed by atoms with van der Waals surface area (Å²) >= 11 is 0. The highest BCUT2D eigenvalue weighted by Gasteiger charge is 2.84. The number of aliphatic hydroxyl groups is 2. The molecule has 1 saturated heterocycles. The lowest BCUT2D eigenvalue weighted by molar-refractivity contribution is -0.168. The highest BCUT2D eigenvalue weighted by molar-refractivity contribution is 5.90. The number of fused-ring (bicyclic) bond motifs is 4. The van der Waals surface area contributed by atoms with Gasteiger partial charge in [-0.2, -0.15) is 0 Å². The average Bonchev–Trinajstić information content (AvgIpc) is 3.11. The van der Waals surface area contributed by atoms with Gasteiger partial charge in [-0.1, -0.05) is 34.6 Å². The minimum atomic E-state index is -1.33. The van der Waals surface area contributed by atoms with Crippen LogP contribution in [-0.4, -0.2) is 39.9 Å². The van der Waals surface area contributed by atoms with Gasteiger partial charge >= 0.3 is 0 Å². The molecule has 192 valence electrons. The number of ketones is 1. The molecule has 1 heterocycles. The molecule has 12 atom stereocenters. The van der Waals surface area contributed by atoms with Gasteiger partial charge in [0.25, 0.3) is 0 Å². The van der Waals surface area contributed by atoms with E-state index in [1.54, 1.807) is 13.8 Å². The fraction of sp³-hybridized carbons (Fsp3) is 0.967. The van der Waals surface area contributed by atoms with Gasteiger partial charge in [-0.3, -0.25) is 4.79 Å². The van der Waals surface area contributed by atoms with E-state index >= 15 is 0 Å². The lowest BCUT2D eigenvalue weighted by Gasteiger charge is -2.59. The topological polar surface area (TPSA) is 66.8 Å². The Balaban J connectivity index is 1.32. The Kier molecular flexibility index (Phi) is 4.85. The molecule has 4 nitrogen and oxygen atoms in total. The Bertz CT molecular complexity index is 889. The first-order valence-corrected chi connectivity index (χ1v) is 14.3. The van der Waals surface area contributed by atoms with Crippen molar-refractivity contribution in [2.75, 3.05) is 0 Å². The van der Waals surface area contributed by atoms with Crippen molar-refractivity contribution in [3.8, 4) is 0 Å². The maximum absolute atomic E-state index is 12.9. The predicted molar refractivity (Wildman–Crippen MR) is 132 cm³/mol. The van der Waals surface area contributed by atoms with Crippen LogP contribution in [0.2, 0.25) is 0 Å². The number of Topliss-reactive ketones (excluding diaryl/α,β-unsaturated/α-hetero) is 1. The molecule has 0 amide bonds. The number of rotatable bonds is 2. The Hall–Kier alpha value is -0.450. The zero-order chi connectivity index (χ0) is 24.6. The van der Waals surface area contributed by atoms with Crippen molar-refractivity contribution in [2.24, 2.45) is 57.2 Å². The number of hydrogen-bond acceptors (Lipinski definition) is 4. The molecule has 2 spiro atoms. The highest BCUT2D eigenvalue weighted by atomic mass is 16.5. The molecule has 6 aliphatic rings. The Morgan fingerprint density at radius 2 is 1.65 bits per heavy atom. The largest absolute Gasteiger partial charge is 0.393 e. The number of aliphatic hydroxyl groups excluding tert-OH is 1. The lowest BCUT2D eigenvalue weighted by Crippen LogP contribution is -2.55. The Morgan fingerprint density at radius 1 is 0.941 bits per heavy atom. The van der Waals surface area contributed by atoms with Crippen molar-refractivity contribution < 1.29 is 19.7 Å². The summed E-state index contributed by atoms with van der Waals surface area (Å²) < 4.78 is 6.59. The predicted octanol–water partition coefficient (Wildman–Crippen LogP) is 5.39. The normalized spacial score (nSPS) is 57.5. The van der Waals surface area contributed by atoms with E-state index in [0.29, 0.717) is 39.9 Å². The van der Waals surface area contributed by atoms with Gasteiger partial charge in [0.05, 0.1) is 12.2 Å². The van der Waals surface area contributed by atoms with Gasteiger partial charge in [0.15, 0.2) is 5.78 Å². The smallest absolute Gasteiger partial charge is 0.192 e. The number of carbonyl (C=O) groups excluding carboxylic acids is 1. The maximum Gasteiger partial charge on any atom is 0.192 e. The van der Waals surface area contributed by atoms with Crippen LogP contribution < -0.4 is 0 Å². The fourth-order valence-electron chi connectivity index (χ4n) is 12.1. The maximum atomic E-state index is 12.9. The van der Waals surface area contributed by atoms with Crippen molar-refractivity contribution in [1.29, 1.82) is 0 Å². The van der Waals surface area contributed by atoms with Crippen LogP contribution in [0.15, 0.2) is 0 Å². The van der Waals surface area contributed by atoms with E-state index in [4.69, 9.17) is 4.74 Å². The van der Waals surface area contributed by atoms with Crippen LogP contribution in [0.4, 0.5) is 0 Å². The molecule has 5 aliphatic carbocycles. The van der Waals surface area contributed by atoms with Gasteiger partial charge in [-0.15, -0.1) is 0 Å². The lowest BCUT2D eigenvalue weighted by atomic mass is 9.46. The van der Waals surface area contributed by atoms with Crippen LogP contribution in [-0.2, 0) is 9.53 Å². The first kappa shape index (κ1) is 23.9. The third kappa shape index (κ3) is 2.59. The molecule has 12 unspecified atom stereocenters. The van der Waals surface area contributed by atoms with E-state index < -0.39 is 11.7 Å².